The van der Waals surface area contributed by atoms with E-state index in [2.05, 4.69) is 10.3 Å². The standard InChI is InChI=1S/C22H23ClN4O8S/c1-22(2,3)35-20(29)25-14-8-17-19(24-9-14)34-15(10-26-18(28)12-33-21(26)30)11-27(17)36(31,32)16-6-4-5-13(23)7-16/h4-9,15H,10-12H2,1-3H3,(H,25,29). The molecule has 2 aromatic rings. The molecule has 3 heterocycles. The maximum atomic E-state index is 13.6. The first kappa shape index (κ1) is 25.5. The number of hydrogen-bond acceptors (Lipinski definition) is 9. The average molecular weight is 539 g/mol. The Kier molecular flexibility index (Phi) is 6.71. The molecule has 1 atom stereocenters. The third-order valence-corrected chi connectivity index (χ3v) is 7.02. The molecule has 1 N–H and O–H groups in total. The van der Waals surface area contributed by atoms with Crippen LogP contribution in [-0.2, 0) is 24.3 Å². The lowest BCUT2D eigenvalue weighted by atomic mass is 10.2. The molecule has 2 aliphatic rings. The van der Waals surface area contributed by atoms with Crippen LogP contribution < -0.4 is 14.4 Å². The van der Waals surface area contributed by atoms with Gasteiger partial charge in [0, 0.05) is 5.02 Å². The molecule has 36 heavy (non-hydrogen) atoms. The number of cyclic esters (lactones) is 1. The number of nitrogens with one attached hydrogen (secondary N) is 1. The highest BCUT2D eigenvalue weighted by Crippen LogP contribution is 2.38. The van der Waals surface area contributed by atoms with Crippen LogP contribution in [0.5, 0.6) is 5.88 Å². The molecule has 14 heteroatoms. The SMILES string of the molecule is CC(C)(C)OC(=O)Nc1cnc2c(c1)N(S(=O)(=O)c1cccc(Cl)c1)CC(CN1C(=O)COC1=O)O2. The van der Waals surface area contributed by atoms with E-state index in [1.54, 1.807) is 20.8 Å². The van der Waals surface area contributed by atoms with Gasteiger partial charge in [0.2, 0.25) is 5.88 Å². The van der Waals surface area contributed by atoms with Crippen molar-refractivity contribution in [2.75, 3.05) is 29.3 Å². The maximum Gasteiger partial charge on any atom is 0.417 e. The summed E-state index contributed by atoms with van der Waals surface area (Å²) in [5.41, 5.74) is -0.553. The van der Waals surface area contributed by atoms with Crippen molar-refractivity contribution in [3.63, 3.8) is 0 Å². The summed E-state index contributed by atoms with van der Waals surface area (Å²) in [6.07, 6.45) is -1.28. The molecule has 1 unspecified atom stereocenters. The van der Waals surface area contributed by atoms with Crippen molar-refractivity contribution in [1.29, 1.82) is 0 Å². The monoisotopic (exact) mass is 538 g/mol. The Labute approximate surface area is 212 Å². The van der Waals surface area contributed by atoms with E-state index in [1.165, 1.54) is 36.5 Å². The number of fused-ring (bicyclic) bond motifs is 1. The van der Waals surface area contributed by atoms with Crippen molar-refractivity contribution in [1.82, 2.24) is 9.88 Å². The Hall–Kier alpha value is -3.58. The number of sulfonamides is 1. The summed E-state index contributed by atoms with van der Waals surface area (Å²) in [6.45, 7) is 4.18. The molecule has 3 amide bonds. The molecule has 0 aliphatic carbocycles. The predicted octanol–water partition coefficient (Wildman–Crippen LogP) is 3.02. The molecule has 0 radical (unpaired) electrons. The summed E-state index contributed by atoms with van der Waals surface area (Å²) in [7, 11) is -4.20. The molecular weight excluding hydrogens is 516 g/mol. The van der Waals surface area contributed by atoms with Gasteiger partial charge in [-0.15, -0.1) is 0 Å². The molecule has 1 aromatic carbocycles. The highest BCUT2D eigenvalue weighted by molar-refractivity contribution is 7.92. The summed E-state index contributed by atoms with van der Waals surface area (Å²) in [5.74, 6) is -0.643. The first-order valence-electron chi connectivity index (χ1n) is 10.8. The first-order chi connectivity index (χ1) is 16.8. The van der Waals surface area contributed by atoms with Crippen LogP contribution in [-0.4, -0.2) is 67.8 Å². The Morgan fingerprint density at radius 1 is 1.28 bits per heavy atom. The number of rotatable bonds is 5. The van der Waals surface area contributed by atoms with Gasteiger partial charge in [0.1, 0.15) is 17.4 Å². The van der Waals surface area contributed by atoms with Crippen molar-refractivity contribution in [2.45, 2.75) is 37.4 Å². The van der Waals surface area contributed by atoms with Gasteiger partial charge in [-0.2, -0.15) is 0 Å². The topological polar surface area (TPSA) is 144 Å². The molecule has 1 aromatic heterocycles. The van der Waals surface area contributed by atoms with Gasteiger partial charge in [0.15, 0.2) is 6.61 Å². The normalized spacial score (nSPS) is 17.8. The highest BCUT2D eigenvalue weighted by atomic mass is 35.5. The van der Waals surface area contributed by atoms with Gasteiger partial charge in [-0.3, -0.25) is 14.4 Å². The molecule has 12 nitrogen and oxygen atoms in total. The van der Waals surface area contributed by atoms with Crippen molar-refractivity contribution in [3.8, 4) is 5.88 Å². The Bertz CT molecular complexity index is 1310. The number of imide groups is 1. The number of pyridine rings is 1. The summed E-state index contributed by atoms with van der Waals surface area (Å²) in [5, 5.41) is 2.73. The van der Waals surface area contributed by atoms with Gasteiger partial charge in [-0.05, 0) is 45.0 Å². The second kappa shape index (κ2) is 9.47. The van der Waals surface area contributed by atoms with Crippen LogP contribution in [0.15, 0.2) is 41.4 Å². The Morgan fingerprint density at radius 2 is 2.03 bits per heavy atom. The minimum atomic E-state index is -4.20. The van der Waals surface area contributed by atoms with Crippen molar-refractivity contribution < 1.29 is 37.0 Å². The number of amides is 3. The quantitative estimate of drug-likeness (QED) is 0.607. The van der Waals surface area contributed by atoms with Crippen LogP contribution in [0.3, 0.4) is 0 Å². The van der Waals surface area contributed by atoms with Crippen molar-refractivity contribution in [2.24, 2.45) is 0 Å². The first-order valence-corrected chi connectivity index (χ1v) is 12.6. The van der Waals surface area contributed by atoms with E-state index >= 15 is 0 Å². The molecular formula is C22H23ClN4O8S. The van der Waals surface area contributed by atoms with Gasteiger partial charge in [-0.1, -0.05) is 17.7 Å². The lowest BCUT2D eigenvalue weighted by Crippen LogP contribution is -2.49. The highest BCUT2D eigenvalue weighted by Gasteiger charge is 2.40. The number of aromatic nitrogens is 1. The van der Waals surface area contributed by atoms with Crippen molar-refractivity contribution in [3.05, 3.63) is 41.6 Å². The van der Waals surface area contributed by atoms with Crippen LogP contribution in [0.25, 0.3) is 0 Å². The number of benzene rings is 1. The minimum Gasteiger partial charge on any atom is -0.469 e. The fraction of sp³-hybridized carbons (Fsp3) is 0.364. The molecule has 1 saturated heterocycles. The summed E-state index contributed by atoms with van der Waals surface area (Å²) >= 11 is 6.02. The zero-order valence-corrected chi connectivity index (χ0v) is 21.1. The van der Waals surface area contributed by atoms with Crippen LogP contribution in [0.2, 0.25) is 5.02 Å². The van der Waals surface area contributed by atoms with Crippen LogP contribution in [0.1, 0.15) is 20.8 Å². The third kappa shape index (κ3) is 5.46. The summed E-state index contributed by atoms with van der Waals surface area (Å²) in [4.78, 5) is 41.0. The van der Waals surface area contributed by atoms with Gasteiger partial charge in [0.25, 0.3) is 15.9 Å². The average Bonchev–Trinajstić information content (AvgIpc) is 3.09. The number of ether oxygens (including phenoxy) is 3. The van der Waals surface area contributed by atoms with Crippen LogP contribution in [0, 0.1) is 0 Å². The molecule has 192 valence electrons. The van der Waals surface area contributed by atoms with Crippen LogP contribution >= 0.6 is 11.6 Å². The number of anilines is 2. The summed E-state index contributed by atoms with van der Waals surface area (Å²) in [6, 6.07) is 7.07. The van der Waals surface area contributed by atoms with Crippen molar-refractivity contribution >= 4 is 51.1 Å². The molecule has 0 saturated carbocycles. The second-order valence-corrected chi connectivity index (χ2v) is 11.3. The lowest BCUT2D eigenvalue weighted by molar-refractivity contribution is -0.126. The van der Waals surface area contributed by atoms with E-state index in [0.29, 0.717) is 0 Å². The van der Waals surface area contributed by atoms with E-state index in [1.807, 2.05) is 0 Å². The number of halogens is 1. The third-order valence-electron chi connectivity index (χ3n) is 5.00. The molecule has 4 rings (SSSR count). The Morgan fingerprint density at radius 3 is 2.67 bits per heavy atom. The van der Waals surface area contributed by atoms with Gasteiger partial charge in [-0.25, -0.2) is 27.9 Å². The zero-order chi connectivity index (χ0) is 26.3. The van der Waals surface area contributed by atoms with E-state index in [-0.39, 0.29) is 40.3 Å². The molecule has 0 bridgehead atoms. The lowest BCUT2D eigenvalue weighted by Gasteiger charge is -2.35. The molecule has 2 aliphatic heterocycles. The number of carbonyl (C=O) groups is 3. The number of nitrogens with zero attached hydrogens (tertiary/aromatic N) is 3. The van der Waals surface area contributed by atoms with Gasteiger partial charge >= 0.3 is 12.2 Å². The number of hydrogen-bond donors (Lipinski definition) is 1. The van der Waals surface area contributed by atoms with E-state index in [0.717, 1.165) is 9.21 Å². The van der Waals surface area contributed by atoms with Gasteiger partial charge < -0.3 is 14.2 Å². The van der Waals surface area contributed by atoms with E-state index in [4.69, 9.17) is 25.8 Å². The number of carbonyl (C=O) groups excluding carboxylic acids is 3. The minimum absolute atomic E-state index is 0.0371. The molecule has 1 fully saturated rings. The van der Waals surface area contributed by atoms with E-state index in [9.17, 15) is 22.8 Å². The Balaban J connectivity index is 1.70. The zero-order valence-electron chi connectivity index (χ0n) is 19.6. The fourth-order valence-corrected chi connectivity index (χ4v) is 5.30. The maximum absolute atomic E-state index is 13.6. The fourth-order valence-electron chi connectivity index (χ4n) is 3.52. The molecule has 0 spiro atoms. The van der Waals surface area contributed by atoms with E-state index < -0.39 is 46.4 Å². The summed E-state index contributed by atoms with van der Waals surface area (Å²) < 4.78 is 44.1. The second-order valence-electron chi connectivity index (χ2n) is 8.97. The smallest absolute Gasteiger partial charge is 0.417 e. The predicted molar refractivity (Wildman–Crippen MR) is 128 cm³/mol. The largest absolute Gasteiger partial charge is 0.469 e. The van der Waals surface area contributed by atoms with Crippen LogP contribution in [0.4, 0.5) is 21.0 Å². The van der Waals surface area contributed by atoms with Gasteiger partial charge in [0.05, 0.1) is 29.9 Å².